The van der Waals surface area contributed by atoms with Gasteiger partial charge in [0.1, 0.15) is 0 Å². The van der Waals surface area contributed by atoms with Gasteiger partial charge < -0.3 is 15.8 Å². The molecule has 0 aliphatic rings. The molecule has 2 aromatic rings. The van der Waals surface area contributed by atoms with Gasteiger partial charge in [-0.15, -0.1) is 0 Å². The molecule has 22 heavy (non-hydrogen) atoms. The van der Waals surface area contributed by atoms with Crippen LogP contribution in [0, 0.1) is 6.92 Å². The molecule has 0 bridgehead atoms. The minimum absolute atomic E-state index is 0.116. The summed E-state index contributed by atoms with van der Waals surface area (Å²) >= 11 is 0. The Morgan fingerprint density at radius 2 is 2.14 bits per heavy atom. The van der Waals surface area contributed by atoms with E-state index in [1.807, 2.05) is 57.2 Å². The molecule has 116 valence electrons. The second-order valence-corrected chi connectivity index (χ2v) is 5.37. The second-order valence-electron chi connectivity index (χ2n) is 5.37. The van der Waals surface area contributed by atoms with Crippen molar-refractivity contribution >= 4 is 11.6 Å². The van der Waals surface area contributed by atoms with Crippen molar-refractivity contribution in [2.75, 3.05) is 5.32 Å². The molecule has 5 nitrogen and oxygen atoms in total. The van der Waals surface area contributed by atoms with E-state index < -0.39 is 0 Å². The number of pyridine rings is 1. The number of nitrogens with one attached hydrogen (secondary N) is 1. The fourth-order valence-electron chi connectivity index (χ4n) is 1.90. The van der Waals surface area contributed by atoms with Crippen LogP contribution >= 0.6 is 0 Å². The van der Waals surface area contributed by atoms with Gasteiger partial charge in [0.25, 0.3) is 0 Å². The Kier molecular flexibility index (Phi) is 5.36. The van der Waals surface area contributed by atoms with E-state index in [9.17, 15) is 0 Å². The molecular formula is C17H22N4O. The molecule has 0 radical (unpaired) electrons. The van der Waals surface area contributed by atoms with Crippen LogP contribution in [0.4, 0.5) is 5.69 Å². The molecule has 0 fully saturated rings. The number of aromatic nitrogens is 1. The van der Waals surface area contributed by atoms with Crippen LogP contribution in [-0.2, 0) is 6.54 Å². The van der Waals surface area contributed by atoms with Crippen molar-refractivity contribution in [3.8, 4) is 5.88 Å². The Morgan fingerprint density at radius 1 is 1.32 bits per heavy atom. The van der Waals surface area contributed by atoms with Crippen molar-refractivity contribution in [1.29, 1.82) is 0 Å². The Morgan fingerprint density at radius 3 is 2.77 bits per heavy atom. The first-order valence-electron chi connectivity index (χ1n) is 7.28. The number of aryl methyl sites for hydroxylation is 1. The lowest BCUT2D eigenvalue weighted by Crippen LogP contribution is -2.22. The third-order valence-electron chi connectivity index (χ3n) is 2.88. The fourth-order valence-corrected chi connectivity index (χ4v) is 1.90. The highest BCUT2D eigenvalue weighted by atomic mass is 16.5. The molecule has 0 unspecified atom stereocenters. The van der Waals surface area contributed by atoms with E-state index in [0.29, 0.717) is 18.4 Å². The molecule has 3 N–H and O–H groups in total. The highest BCUT2D eigenvalue weighted by Gasteiger charge is 2.00. The number of guanidine groups is 1. The Bertz CT molecular complexity index is 635. The van der Waals surface area contributed by atoms with Gasteiger partial charge in [0.05, 0.1) is 12.6 Å². The fraction of sp³-hybridized carbons (Fsp3) is 0.294. The maximum absolute atomic E-state index is 5.89. The van der Waals surface area contributed by atoms with Crippen LogP contribution in [0.25, 0.3) is 0 Å². The Balaban J connectivity index is 1.93. The standard InChI is InChI=1S/C17H22N4O/c1-12(2)22-16-8-7-14(10-19-16)11-20-17(18)21-15-6-4-5-13(3)9-15/h4-10,12H,11H2,1-3H3,(H3,18,20,21). The molecular weight excluding hydrogens is 276 g/mol. The van der Waals surface area contributed by atoms with Crippen LogP contribution in [0.5, 0.6) is 5.88 Å². The summed E-state index contributed by atoms with van der Waals surface area (Å²) in [4.78, 5) is 8.55. The Labute approximate surface area is 131 Å². The quantitative estimate of drug-likeness (QED) is 0.657. The summed E-state index contributed by atoms with van der Waals surface area (Å²) in [6, 6.07) is 11.8. The van der Waals surface area contributed by atoms with Gasteiger partial charge in [-0.3, -0.25) is 0 Å². The number of hydrogen-bond donors (Lipinski definition) is 2. The number of rotatable bonds is 5. The molecule has 5 heteroatoms. The summed E-state index contributed by atoms with van der Waals surface area (Å²) in [5.41, 5.74) is 8.97. The largest absolute Gasteiger partial charge is 0.475 e. The topological polar surface area (TPSA) is 72.5 Å². The van der Waals surface area contributed by atoms with Crippen molar-refractivity contribution in [2.24, 2.45) is 10.7 Å². The van der Waals surface area contributed by atoms with E-state index in [-0.39, 0.29) is 6.10 Å². The number of ether oxygens (including phenoxy) is 1. The predicted octanol–water partition coefficient (Wildman–Crippen LogP) is 3.10. The van der Waals surface area contributed by atoms with Crippen LogP contribution in [0.2, 0.25) is 0 Å². The number of hydrogen-bond acceptors (Lipinski definition) is 3. The van der Waals surface area contributed by atoms with Crippen LogP contribution in [0.1, 0.15) is 25.0 Å². The average molecular weight is 298 g/mol. The van der Waals surface area contributed by atoms with Crippen molar-refractivity contribution in [2.45, 2.75) is 33.4 Å². The highest BCUT2D eigenvalue weighted by Crippen LogP contribution is 2.11. The lowest BCUT2D eigenvalue weighted by molar-refractivity contribution is 0.232. The summed E-state index contributed by atoms with van der Waals surface area (Å²) in [6.07, 6.45) is 1.87. The third-order valence-corrected chi connectivity index (χ3v) is 2.88. The van der Waals surface area contributed by atoms with Crippen LogP contribution in [0.3, 0.4) is 0 Å². The molecule has 0 amide bonds. The van der Waals surface area contributed by atoms with Gasteiger partial charge in [0.2, 0.25) is 5.88 Å². The predicted molar refractivity (Wildman–Crippen MR) is 90.1 cm³/mol. The van der Waals surface area contributed by atoms with Gasteiger partial charge in [0, 0.05) is 18.0 Å². The van der Waals surface area contributed by atoms with E-state index >= 15 is 0 Å². The van der Waals surface area contributed by atoms with Crippen molar-refractivity contribution in [3.05, 3.63) is 53.7 Å². The van der Waals surface area contributed by atoms with E-state index in [0.717, 1.165) is 11.3 Å². The van der Waals surface area contributed by atoms with E-state index in [4.69, 9.17) is 10.5 Å². The SMILES string of the molecule is Cc1cccc(NC(N)=NCc2ccc(OC(C)C)nc2)c1. The van der Waals surface area contributed by atoms with E-state index in [1.165, 1.54) is 5.56 Å². The van der Waals surface area contributed by atoms with Gasteiger partial charge in [0.15, 0.2) is 5.96 Å². The summed E-state index contributed by atoms with van der Waals surface area (Å²) in [5, 5.41) is 3.07. The molecule has 1 heterocycles. The van der Waals surface area contributed by atoms with Crippen LogP contribution in [0.15, 0.2) is 47.6 Å². The molecule has 1 aromatic carbocycles. The minimum atomic E-state index is 0.116. The number of nitrogens with two attached hydrogens (primary N) is 1. The molecule has 2 rings (SSSR count). The van der Waals surface area contributed by atoms with Crippen LogP contribution < -0.4 is 15.8 Å². The van der Waals surface area contributed by atoms with Crippen molar-refractivity contribution in [1.82, 2.24) is 4.98 Å². The molecule has 0 aliphatic heterocycles. The molecule has 0 saturated carbocycles. The number of anilines is 1. The smallest absolute Gasteiger partial charge is 0.213 e. The number of nitrogens with zero attached hydrogens (tertiary/aromatic N) is 2. The monoisotopic (exact) mass is 298 g/mol. The molecule has 0 spiro atoms. The highest BCUT2D eigenvalue weighted by molar-refractivity contribution is 5.92. The zero-order chi connectivity index (χ0) is 15.9. The van der Waals surface area contributed by atoms with Crippen molar-refractivity contribution in [3.63, 3.8) is 0 Å². The second kappa shape index (κ2) is 7.45. The molecule has 0 aliphatic carbocycles. The summed E-state index contributed by atoms with van der Waals surface area (Å²) in [5.74, 6) is 1.00. The van der Waals surface area contributed by atoms with Gasteiger partial charge in [-0.1, -0.05) is 18.2 Å². The van der Waals surface area contributed by atoms with Gasteiger partial charge in [-0.05, 0) is 44.0 Å². The normalized spacial score (nSPS) is 11.5. The summed E-state index contributed by atoms with van der Waals surface area (Å²) < 4.78 is 5.50. The van der Waals surface area contributed by atoms with Gasteiger partial charge in [-0.25, -0.2) is 9.98 Å². The number of aliphatic imine (C=N–C) groups is 1. The van der Waals surface area contributed by atoms with Gasteiger partial charge in [-0.2, -0.15) is 0 Å². The summed E-state index contributed by atoms with van der Waals surface area (Å²) in [6.45, 7) is 6.44. The third kappa shape index (κ3) is 5.09. The zero-order valence-electron chi connectivity index (χ0n) is 13.2. The maximum Gasteiger partial charge on any atom is 0.213 e. The Hall–Kier alpha value is -2.56. The summed E-state index contributed by atoms with van der Waals surface area (Å²) in [7, 11) is 0. The first-order chi connectivity index (χ1) is 10.5. The maximum atomic E-state index is 5.89. The first kappa shape index (κ1) is 15.8. The van der Waals surface area contributed by atoms with Crippen molar-refractivity contribution < 1.29 is 4.74 Å². The van der Waals surface area contributed by atoms with E-state index in [1.54, 1.807) is 6.20 Å². The zero-order valence-corrected chi connectivity index (χ0v) is 13.2. The minimum Gasteiger partial charge on any atom is -0.475 e. The van der Waals surface area contributed by atoms with Crippen LogP contribution in [-0.4, -0.2) is 17.0 Å². The first-order valence-corrected chi connectivity index (χ1v) is 7.28. The van der Waals surface area contributed by atoms with Gasteiger partial charge >= 0.3 is 0 Å². The molecule has 0 saturated heterocycles. The lowest BCUT2D eigenvalue weighted by atomic mass is 10.2. The number of benzene rings is 1. The molecule has 1 aromatic heterocycles. The average Bonchev–Trinajstić information content (AvgIpc) is 2.46. The van der Waals surface area contributed by atoms with E-state index in [2.05, 4.69) is 15.3 Å². The molecule has 0 atom stereocenters. The lowest BCUT2D eigenvalue weighted by Gasteiger charge is -2.08.